The van der Waals surface area contributed by atoms with Crippen LogP contribution >= 0.6 is 0 Å². The zero-order valence-electron chi connectivity index (χ0n) is 22.0. The lowest BCUT2D eigenvalue weighted by Gasteiger charge is -2.26. The van der Waals surface area contributed by atoms with E-state index in [4.69, 9.17) is 4.42 Å². The summed E-state index contributed by atoms with van der Waals surface area (Å²) in [6.45, 7) is 8.42. The number of rotatable bonds is 18. The average Bonchev–Trinajstić information content (AvgIpc) is 3.38. The number of hydrogen-bond acceptors (Lipinski definition) is 4. The summed E-state index contributed by atoms with van der Waals surface area (Å²) in [4.78, 5) is 27.8. The number of carbonyl (C=O) groups is 2. The highest BCUT2D eigenvalue weighted by molar-refractivity contribution is 6.02. The number of furan rings is 1. The van der Waals surface area contributed by atoms with E-state index in [0.717, 1.165) is 50.1 Å². The molecule has 2 amide bonds. The number of carbonyl (C=O) groups excluding carboxylic acids is 2. The molecule has 194 valence electrons. The van der Waals surface area contributed by atoms with Gasteiger partial charge in [-0.15, -0.1) is 0 Å². The monoisotopic (exact) mass is 483 g/mol. The highest BCUT2D eigenvalue weighted by Gasteiger charge is 2.19. The van der Waals surface area contributed by atoms with Crippen molar-refractivity contribution in [3.8, 4) is 0 Å². The van der Waals surface area contributed by atoms with Crippen molar-refractivity contribution >= 4 is 23.2 Å². The standard InChI is InChI=1S/C29H45N3O3/c1-4-7-9-10-11-12-13-16-28(33)31-24-17-18-27(26(22-24)29(34)30-19-6-3)32(20-8-5-2)23-25-15-14-21-35-25/h14-15,17-18,21-22H,4-13,16,19-20,23H2,1-3H3,(H,30,34)(H,31,33). The van der Waals surface area contributed by atoms with Crippen molar-refractivity contribution < 1.29 is 14.0 Å². The van der Waals surface area contributed by atoms with E-state index in [-0.39, 0.29) is 11.8 Å². The first kappa shape index (κ1) is 28.5. The number of amides is 2. The maximum atomic E-state index is 13.1. The number of nitrogens with zero attached hydrogens (tertiary/aromatic N) is 1. The molecule has 0 saturated heterocycles. The van der Waals surface area contributed by atoms with Crippen LogP contribution in [0, 0.1) is 0 Å². The first-order valence-electron chi connectivity index (χ1n) is 13.6. The van der Waals surface area contributed by atoms with Gasteiger partial charge in [0.1, 0.15) is 5.76 Å². The Morgan fingerprint density at radius 2 is 1.63 bits per heavy atom. The average molecular weight is 484 g/mol. The van der Waals surface area contributed by atoms with E-state index in [1.54, 1.807) is 6.26 Å². The number of benzene rings is 1. The second kappa shape index (κ2) is 16.8. The van der Waals surface area contributed by atoms with Gasteiger partial charge in [0.25, 0.3) is 5.91 Å². The first-order chi connectivity index (χ1) is 17.1. The molecule has 0 aliphatic heterocycles. The van der Waals surface area contributed by atoms with Crippen LogP contribution in [-0.4, -0.2) is 24.9 Å². The second-order valence-electron chi connectivity index (χ2n) is 9.26. The molecule has 0 atom stereocenters. The summed E-state index contributed by atoms with van der Waals surface area (Å²) >= 11 is 0. The smallest absolute Gasteiger partial charge is 0.253 e. The minimum absolute atomic E-state index is 0.00430. The van der Waals surface area contributed by atoms with Gasteiger partial charge in [-0.25, -0.2) is 0 Å². The van der Waals surface area contributed by atoms with E-state index < -0.39 is 0 Å². The van der Waals surface area contributed by atoms with Crippen LogP contribution in [0.2, 0.25) is 0 Å². The second-order valence-corrected chi connectivity index (χ2v) is 9.26. The fourth-order valence-corrected chi connectivity index (χ4v) is 4.10. The van der Waals surface area contributed by atoms with Crippen LogP contribution in [0.5, 0.6) is 0 Å². The number of nitrogens with one attached hydrogen (secondary N) is 2. The molecule has 35 heavy (non-hydrogen) atoms. The molecule has 0 aliphatic rings. The predicted molar refractivity (Wildman–Crippen MR) is 145 cm³/mol. The van der Waals surface area contributed by atoms with Gasteiger partial charge in [0.2, 0.25) is 5.91 Å². The largest absolute Gasteiger partial charge is 0.467 e. The van der Waals surface area contributed by atoms with Crippen LogP contribution in [0.4, 0.5) is 11.4 Å². The molecule has 2 aromatic rings. The van der Waals surface area contributed by atoms with Crippen LogP contribution in [-0.2, 0) is 11.3 Å². The summed E-state index contributed by atoms with van der Waals surface area (Å²) in [6.07, 6.45) is 13.3. The van der Waals surface area contributed by atoms with Crippen molar-refractivity contribution in [1.82, 2.24) is 5.32 Å². The van der Waals surface area contributed by atoms with Gasteiger partial charge in [0.05, 0.1) is 24.1 Å². The lowest BCUT2D eigenvalue weighted by molar-refractivity contribution is -0.116. The highest BCUT2D eigenvalue weighted by Crippen LogP contribution is 2.27. The van der Waals surface area contributed by atoms with Crippen LogP contribution in [0.1, 0.15) is 108 Å². The lowest BCUT2D eigenvalue weighted by atomic mass is 10.1. The molecule has 2 N–H and O–H groups in total. The van der Waals surface area contributed by atoms with Gasteiger partial charge in [0.15, 0.2) is 0 Å². The van der Waals surface area contributed by atoms with E-state index in [9.17, 15) is 9.59 Å². The molecule has 1 heterocycles. The summed E-state index contributed by atoms with van der Waals surface area (Å²) in [5.74, 6) is 0.740. The fourth-order valence-electron chi connectivity index (χ4n) is 4.10. The number of hydrogen-bond donors (Lipinski definition) is 2. The van der Waals surface area contributed by atoms with E-state index in [1.165, 1.54) is 32.1 Å². The van der Waals surface area contributed by atoms with Gasteiger partial charge >= 0.3 is 0 Å². The molecule has 0 aliphatic carbocycles. The van der Waals surface area contributed by atoms with Crippen molar-refractivity contribution in [2.75, 3.05) is 23.3 Å². The van der Waals surface area contributed by atoms with E-state index in [1.807, 2.05) is 37.3 Å². The molecule has 2 rings (SSSR count). The molecule has 6 heteroatoms. The molecule has 0 spiro atoms. The Labute approximate surface area is 211 Å². The van der Waals surface area contributed by atoms with E-state index in [0.29, 0.717) is 30.8 Å². The van der Waals surface area contributed by atoms with Crippen molar-refractivity contribution in [3.05, 3.63) is 47.9 Å². The molecular weight excluding hydrogens is 438 g/mol. The number of anilines is 2. The minimum atomic E-state index is -0.119. The summed E-state index contributed by atoms with van der Waals surface area (Å²) in [5.41, 5.74) is 2.10. The Balaban J connectivity index is 2.10. The zero-order valence-corrected chi connectivity index (χ0v) is 22.0. The predicted octanol–water partition coefficient (Wildman–Crippen LogP) is 7.31. The van der Waals surface area contributed by atoms with E-state index >= 15 is 0 Å². The molecular formula is C29H45N3O3. The van der Waals surface area contributed by atoms with Crippen molar-refractivity contribution in [3.63, 3.8) is 0 Å². The highest BCUT2D eigenvalue weighted by atomic mass is 16.3. The molecule has 1 aromatic heterocycles. The Bertz CT molecular complexity index is 864. The van der Waals surface area contributed by atoms with Crippen LogP contribution < -0.4 is 15.5 Å². The molecule has 6 nitrogen and oxygen atoms in total. The SMILES string of the molecule is CCCCCCCCCC(=O)Nc1ccc(N(CCCC)Cc2ccco2)c(C(=O)NCCC)c1. The maximum Gasteiger partial charge on any atom is 0.253 e. The molecule has 0 unspecified atom stereocenters. The van der Waals surface area contributed by atoms with Gasteiger partial charge < -0.3 is 20.0 Å². The summed E-state index contributed by atoms with van der Waals surface area (Å²) < 4.78 is 5.58. The minimum Gasteiger partial charge on any atom is -0.467 e. The normalized spacial score (nSPS) is 10.8. The number of unbranched alkanes of at least 4 members (excludes halogenated alkanes) is 7. The molecule has 0 fully saturated rings. The quantitative estimate of drug-likeness (QED) is 0.218. The third-order valence-corrected chi connectivity index (χ3v) is 6.12. The van der Waals surface area contributed by atoms with Gasteiger partial charge in [-0.2, -0.15) is 0 Å². The van der Waals surface area contributed by atoms with Gasteiger partial charge in [-0.1, -0.05) is 65.7 Å². The Hall–Kier alpha value is -2.76. The fraction of sp³-hybridized carbons (Fsp3) is 0.586. The van der Waals surface area contributed by atoms with Gasteiger partial charge in [-0.3, -0.25) is 9.59 Å². The van der Waals surface area contributed by atoms with Crippen LogP contribution in [0.25, 0.3) is 0 Å². The van der Waals surface area contributed by atoms with E-state index in [2.05, 4.69) is 29.4 Å². The first-order valence-corrected chi connectivity index (χ1v) is 13.6. The Morgan fingerprint density at radius 3 is 2.31 bits per heavy atom. The van der Waals surface area contributed by atoms with Crippen molar-refractivity contribution in [2.24, 2.45) is 0 Å². The third-order valence-electron chi connectivity index (χ3n) is 6.12. The van der Waals surface area contributed by atoms with Crippen molar-refractivity contribution in [2.45, 2.75) is 97.9 Å². The third kappa shape index (κ3) is 10.6. The Kier molecular flexibility index (Phi) is 13.7. The molecule has 0 saturated carbocycles. The summed E-state index contributed by atoms with van der Waals surface area (Å²) in [5, 5.41) is 6.00. The van der Waals surface area contributed by atoms with Crippen LogP contribution in [0.15, 0.2) is 41.0 Å². The molecule has 0 bridgehead atoms. The van der Waals surface area contributed by atoms with Crippen molar-refractivity contribution in [1.29, 1.82) is 0 Å². The van der Waals surface area contributed by atoms with Gasteiger partial charge in [0, 0.05) is 25.2 Å². The molecule has 0 radical (unpaired) electrons. The lowest BCUT2D eigenvalue weighted by Crippen LogP contribution is -2.30. The van der Waals surface area contributed by atoms with Crippen LogP contribution in [0.3, 0.4) is 0 Å². The summed E-state index contributed by atoms with van der Waals surface area (Å²) in [7, 11) is 0. The zero-order chi connectivity index (χ0) is 25.3. The molecule has 1 aromatic carbocycles. The topological polar surface area (TPSA) is 74.6 Å². The van der Waals surface area contributed by atoms with Gasteiger partial charge in [-0.05, 0) is 49.6 Å². The summed E-state index contributed by atoms with van der Waals surface area (Å²) in [6, 6.07) is 9.49. The maximum absolute atomic E-state index is 13.1. The Morgan fingerprint density at radius 1 is 0.886 bits per heavy atom.